The fraction of sp³-hybridized carbons (Fsp3) is 0.429. The van der Waals surface area contributed by atoms with Crippen LogP contribution in [0.3, 0.4) is 0 Å². The van der Waals surface area contributed by atoms with Gasteiger partial charge in [-0.05, 0) is 43.0 Å². The molecular weight excluding hydrogens is 310 g/mol. The van der Waals surface area contributed by atoms with Crippen LogP contribution in [-0.2, 0) is 16.0 Å². The molecule has 0 fully saturated rings. The van der Waals surface area contributed by atoms with Crippen LogP contribution >= 0.6 is 15.9 Å². The molecule has 1 amide bonds. The highest BCUT2D eigenvalue weighted by atomic mass is 79.9. The van der Waals surface area contributed by atoms with Gasteiger partial charge in [0.1, 0.15) is 0 Å². The first-order valence-corrected chi connectivity index (χ1v) is 7.02. The molecule has 0 aliphatic heterocycles. The highest BCUT2D eigenvalue weighted by molar-refractivity contribution is 9.10. The number of benzene rings is 1. The normalized spacial score (nSPS) is 10.2. The highest BCUT2D eigenvalue weighted by Gasteiger charge is 2.04. The largest absolute Gasteiger partial charge is 0.481 e. The predicted molar refractivity (Wildman–Crippen MR) is 77.1 cm³/mol. The molecule has 104 valence electrons. The van der Waals surface area contributed by atoms with Crippen molar-refractivity contribution >= 4 is 27.8 Å². The zero-order valence-electron chi connectivity index (χ0n) is 10.9. The van der Waals surface area contributed by atoms with E-state index in [0.717, 1.165) is 10.9 Å². The van der Waals surface area contributed by atoms with E-state index in [4.69, 9.17) is 5.11 Å². The molecule has 0 saturated heterocycles. The van der Waals surface area contributed by atoms with Crippen molar-refractivity contribution < 1.29 is 14.7 Å². The standard InChI is InChI=1S/C14H18BrNO3/c1-10-5-6-12(15)9-11(10)7-8-16-13(17)3-2-4-14(18)19/h5-6,9H,2-4,7-8H2,1H3,(H,16,17)(H,18,19). The van der Waals surface area contributed by atoms with Crippen LogP contribution in [0.1, 0.15) is 30.4 Å². The SMILES string of the molecule is Cc1ccc(Br)cc1CCNC(=O)CCCC(=O)O. The third kappa shape index (κ3) is 6.38. The van der Waals surface area contributed by atoms with Crippen LogP contribution < -0.4 is 5.32 Å². The van der Waals surface area contributed by atoms with Crippen molar-refractivity contribution in [3.8, 4) is 0 Å². The Balaban J connectivity index is 2.28. The first-order chi connectivity index (χ1) is 8.99. The maximum absolute atomic E-state index is 11.5. The molecule has 1 aromatic rings. The van der Waals surface area contributed by atoms with E-state index in [1.165, 1.54) is 11.1 Å². The summed E-state index contributed by atoms with van der Waals surface area (Å²) >= 11 is 3.42. The van der Waals surface area contributed by atoms with E-state index in [1.807, 2.05) is 25.1 Å². The summed E-state index contributed by atoms with van der Waals surface area (Å²) in [6.07, 6.45) is 1.47. The number of hydrogen-bond acceptors (Lipinski definition) is 2. The molecule has 1 rings (SSSR count). The van der Waals surface area contributed by atoms with Gasteiger partial charge >= 0.3 is 5.97 Å². The molecule has 0 heterocycles. The zero-order chi connectivity index (χ0) is 14.3. The number of carboxylic acids is 1. The number of nitrogens with one attached hydrogen (secondary N) is 1. The molecule has 4 nitrogen and oxygen atoms in total. The van der Waals surface area contributed by atoms with Gasteiger partial charge in [0.25, 0.3) is 0 Å². The summed E-state index contributed by atoms with van der Waals surface area (Å²) in [4.78, 5) is 21.8. The van der Waals surface area contributed by atoms with Crippen LogP contribution in [0.15, 0.2) is 22.7 Å². The van der Waals surface area contributed by atoms with E-state index in [2.05, 4.69) is 21.2 Å². The first kappa shape index (κ1) is 15.7. The van der Waals surface area contributed by atoms with Crippen molar-refractivity contribution in [3.05, 3.63) is 33.8 Å². The molecule has 1 aromatic carbocycles. The second-order valence-electron chi connectivity index (χ2n) is 4.42. The van der Waals surface area contributed by atoms with E-state index in [-0.39, 0.29) is 18.7 Å². The number of rotatable bonds is 7. The van der Waals surface area contributed by atoms with Crippen LogP contribution in [0.5, 0.6) is 0 Å². The minimum absolute atomic E-state index is 0.0398. The summed E-state index contributed by atoms with van der Waals surface area (Å²) in [5, 5.41) is 11.3. The Labute approximate surface area is 121 Å². The summed E-state index contributed by atoms with van der Waals surface area (Å²) < 4.78 is 1.03. The molecule has 0 spiro atoms. The number of halogens is 1. The lowest BCUT2D eigenvalue weighted by molar-refractivity contribution is -0.137. The fourth-order valence-corrected chi connectivity index (χ4v) is 2.14. The maximum atomic E-state index is 11.5. The van der Waals surface area contributed by atoms with Crippen molar-refractivity contribution in [2.45, 2.75) is 32.6 Å². The lowest BCUT2D eigenvalue weighted by atomic mass is 10.1. The molecule has 0 unspecified atom stereocenters. The molecule has 0 aliphatic rings. The number of aliphatic carboxylic acids is 1. The number of carbonyl (C=O) groups excluding carboxylic acids is 1. The highest BCUT2D eigenvalue weighted by Crippen LogP contribution is 2.16. The summed E-state index contributed by atoms with van der Waals surface area (Å²) in [7, 11) is 0. The minimum Gasteiger partial charge on any atom is -0.481 e. The first-order valence-electron chi connectivity index (χ1n) is 6.22. The zero-order valence-corrected chi connectivity index (χ0v) is 12.5. The number of amides is 1. The van der Waals surface area contributed by atoms with Crippen molar-refractivity contribution in [1.82, 2.24) is 5.32 Å². The van der Waals surface area contributed by atoms with Gasteiger partial charge in [0.2, 0.25) is 5.91 Å². The van der Waals surface area contributed by atoms with E-state index in [1.54, 1.807) is 0 Å². The minimum atomic E-state index is -0.863. The maximum Gasteiger partial charge on any atom is 0.303 e. The van der Waals surface area contributed by atoms with Gasteiger partial charge in [-0.15, -0.1) is 0 Å². The van der Waals surface area contributed by atoms with Crippen molar-refractivity contribution in [3.63, 3.8) is 0 Å². The van der Waals surface area contributed by atoms with Crippen LogP contribution in [-0.4, -0.2) is 23.5 Å². The molecule has 0 bridgehead atoms. The van der Waals surface area contributed by atoms with Gasteiger partial charge in [-0.2, -0.15) is 0 Å². The Morgan fingerprint density at radius 3 is 2.74 bits per heavy atom. The fourth-order valence-electron chi connectivity index (χ4n) is 1.73. The number of aryl methyl sites for hydroxylation is 1. The van der Waals surface area contributed by atoms with Gasteiger partial charge in [0, 0.05) is 23.9 Å². The lowest BCUT2D eigenvalue weighted by Crippen LogP contribution is -2.25. The molecule has 5 heteroatoms. The van der Waals surface area contributed by atoms with E-state index in [0.29, 0.717) is 13.0 Å². The number of carbonyl (C=O) groups is 2. The summed E-state index contributed by atoms with van der Waals surface area (Å²) in [6.45, 7) is 2.61. The Kier molecular flexibility index (Phi) is 6.56. The van der Waals surface area contributed by atoms with Crippen LogP contribution in [0.2, 0.25) is 0 Å². The number of hydrogen-bond donors (Lipinski definition) is 2. The van der Waals surface area contributed by atoms with Crippen molar-refractivity contribution in [2.75, 3.05) is 6.54 Å². The summed E-state index contributed by atoms with van der Waals surface area (Å²) in [5.41, 5.74) is 2.39. The monoisotopic (exact) mass is 327 g/mol. The van der Waals surface area contributed by atoms with Gasteiger partial charge in [0.15, 0.2) is 0 Å². The molecule has 2 N–H and O–H groups in total. The Morgan fingerprint density at radius 1 is 1.32 bits per heavy atom. The lowest BCUT2D eigenvalue weighted by Gasteiger charge is -2.08. The van der Waals surface area contributed by atoms with Gasteiger partial charge in [0.05, 0.1) is 0 Å². The smallest absolute Gasteiger partial charge is 0.303 e. The number of carboxylic acid groups (broad SMARTS) is 1. The summed E-state index contributed by atoms with van der Waals surface area (Å²) in [5.74, 6) is -0.952. The van der Waals surface area contributed by atoms with Crippen LogP contribution in [0.25, 0.3) is 0 Å². The Morgan fingerprint density at radius 2 is 2.05 bits per heavy atom. The van der Waals surface area contributed by atoms with Gasteiger partial charge in [-0.1, -0.05) is 22.0 Å². The third-order valence-electron chi connectivity index (χ3n) is 2.82. The van der Waals surface area contributed by atoms with Crippen LogP contribution in [0, 0.1) is 6.92 Å². The molecule has 0 aromatic heterocycles. The van der Waals surface area contributed by atoms with Gasteiger partial charge in [-0.3, -0.25) is 9.59 Å². The molecule has 0 aliphatic carbocycles. The second-order valence-corrected chi connectivity index (χ2v) is 5.33. The molecule has 0 saturated carbocycles. The topological polar surface area (TPSA) is 66.4 Å². The Hall–Kier alpha value is -1.36. The van der Waals surface area contributed by atoms with E-state index < -0.39 is 5.97 Å². The van der Waals surface area contributed by atoms with E-state index >= 15 is 0 Å². The molecule has 0 atom stereocenters. The predicted octanol–water partition coefficient (Wildman–Crippen LogP) is 2.67. The molecule has 19 heavy (non-hydrogen) atoms. The van der Waals surface area contributed by atoms with Gasteiger partial charge < -0.3 is 10.4 Å². The summed E-state index contributed by atoms with van der Waals surface area (Å²) in [6, 6.07) is 6.07. The Bertz CT molecular complexity index is 460. The van der Waals surface area contributed by atoms with Crippen LogP contribution in [0.4, 0.5) is 0 Å². The third-order valence-corrected chi connectivity index (χ3v) is 3.32. The quantitative estimate of drug-likeness (QED) is 0.809. The van der Waals surface area contributed by atoms with Crippen molar-refractivity contribution in [1.29, 1.82) is 0 Å². The van der Waals surface area contributed by atoms with Crippen molar-refractivity contribution in [2.24, 2.45) is 0 Å². The van der Waals surface area contributed by atoms with E-state index in [9.17, 15) is 9.59 Å². The average molecular weight is 328 g/mol. The second kappa shape index (κ2) is 7.94. The average Bonchev–Trinajstić information content (AvgIpc) is 2.33. The molecular formula is C14H18BrNO3. The molecule has 0 radical (unpaired) electrons. The van der Waals surface area contributed by atoms with Gasteiger partial charge in [-0.25, -0.2) is 0 Å².